The smallest absolute Gasteiger partial charge is 0.317 e. The molecule has 1 rings (SSSR count). The van der Waals surface area contributed by atoms with E-state index in [1.165, 1.54) is 4.90 Å². The largest absolute Gasteiger partial charge is 0.481 e. The zero-order valence-corrected chi connectivity index (χ0v) is 10.3. The number of aliphatic hydroxyl groups is 1. The number of amides is 2. The van der Waals surface area contributed by atoms with Crippen LogP contribution in [0.25, 0.3) is 0 Å². The van der Waals surface area contributed by atoms with E-state index >= 15 is 0 Å². The molecule has 1 aliphatic carbocycles. The Balaban J connectivity index is 2.43. The lowest BCUT2D eigenvalue weighted by atomic mass is 10.1. The predicted molar refractivity (Wildman–Crippen MR) is 66.2 cm³/mol. The fraction of sp³-hybridized carbons (Fsp3) is 0.667. The average molecular weight is 256 g/mol. The maximum absolute atomic E-state index is 11.9. The SMILES string of the molecule is C=CCN(CCO)C(=O)N[C@H]1CC[C@@H](C(=O)O)C1. The number of nitrogens with one attached hydrogen (secondary N) is 1. The van der Waals surface area contributed by atoms with Gasteiger partial charge in [0.25, 0.3) is 0 Å². The van der Waals surface area contributed by atoms with Crippen LogP contribution in [0, 0.1) is 5.92 Å². The van der Waals surface area contributed by atoms with Crippen LogP contribution in [-0.2, 0) is 4.79 Å². The molecule has 0 heterocycles. The van der Waals surface area contributed by atoms with Gasteiger partial charge in [-0.1, -0.05) is 6.08 Å². The van der Waals surface area contributed by atoms with Gasteiger partial charge in [0, 0.05) is 19.1 Å². The first-order chi connectivity index (χ1) is 8.58. The molecule has 0 unspecified atom stereocenters. The van der Waals surface area contributed by atoms with Gasteiger partial charge < -0.3 is 20.4 Å². The summed E-state index contributed by atoms with van der Waals surface area (Å²) in [5, 5.41) is 20.5. The minimum atomic E-state index is -0.801. The van der Waals surface area contributed by atoms with Crippen LogP contribution in [0.15, 0.2) is 12.7 Å². The molecule has 102 valence electrons. The van der Waals surface area contributed by atoms with E-state index in [9.17, 15) is 9.59 Å². The molecular weight excluding hydrogens is 236 g/mol. The number of hydrogen-bond donors (Lipinski definition) is 3. The Morgan fingerprint density at radius 3 is 2.67 bits per heavy atom. The number of rotatable bonds is 6. The molecule has 1 fully saturated rings. The number of carboxylic acid groups (broad SMARTS) is 1. The van der Waals surface area contributed by atoms with Crippen molar-refractivity contribution < 1.29 is 19.8 Å². The van der Waals surface area contributed by atoms with Crippen molar-refractivity contribution in [1.82, 2.24) is 10.2 Å². The van der Waals surface area contributed by atoms with Gasteiger partial charge in [-0.15, -0.1) is 6.58 Å². The lowest BCUT2D eigenvalue weighted by Gasteiger charge is -2.23. The molecule has 0 aromatic heterocycles. The first-order valence-corrected chi connectivity index (χ1v) is 6.08. The Labute approximate surface area is 106 Å². The van der Waals surface area contributed by atoms with Crippen LogP contribution in [0.2, 0.25) is 0 Å². The highest BCUT2D eigenvalue weighted by atomic mass is 16.4. The Hall–Kier alpha value is -1.56. The van der Waals surface area contributed by atoms with Crippen molar-refractivity contribution in [2.24, 2.45) is 5.92 Å². The highest BCUT2D eigenvalue weighted by Gasteiger charge is 2.31. The number of aliphatic carboxylic acids is 1. The second-order valence-electron chi connectivity index (χ2n) is 4.45. The van der Waals surface area contributed by atoms with Crippen LogP contribution in [0.3, 0.4) is 0 Å². The van der Waals surface area contributed by atoms with Crippen LogP contribution >= 0.6 is 0 Å². The summed E-state index contributed by atoms with van der Waals surface area (Å²) in [5.41, 5.74) is 0. The normalized spacial score (nSPS) is 22.5. The maximum atomic E-state index is 11.9. The summed E-state index contributed by atoms with van der Waals surface area (Å²) in [5.74, 6) is -1.16. The molecule has 3 N–H and O–H groups in total. The van der Waals surface area contributed by atoms with Gasteiger partial charge >= 0.3 is 12.0 Å². The van der Waals surface area contributed by atoms with Crippen LogP contribution in [0.4, 0.5) is 4.79 Å². The molecule has 0 saturated heterocycles. The van der Waals surface area contributed by atoms with Crippen LogP contribution in [0.5, 0.6) is 0 Å². The molecular formula is C12H20N2O4. The third-order valence-electron chi connectivity index (χ3n) is 3.12. The zero-order chi connectivity index (χ0) is 13.5. The van der Waals surface area contributed by atoms with Crippen molar-refractivity contribution >= 4 is 12.0 Å². The van der Waals surface area contributed by atoms with E-state index in [1.807, 2.05) is 0 Å². The molecule has 2 amide bonds. The third kappa shape index (κ3) is 4.03. The van der Waals surface area contributed by atoms with Gasteiger partial charge in [-0.3, -0.25) is 4.79 Å². The molecule has 18 heavy (non-hydrogen) atoms. The minimum Gasteiger partial charge on any atom is -0.481 e. The van der Waals surface area contributed by atoms with Gasteiger partial charge in [0.15, 0.2) is 0 Å². The maximum Gasteiger partial charge on any atom is 0.317 e. The van der Waals surface area contributed by atoms with E-state index < -0.39 is 5.97 Å². The molecule has 0 aliphatic heterocycles. The van der Waals surface area contributed by atoms with Gasteiger partial charge in [-0.25, -0.2) is 4.79 Å². The van der Waals surface area contributed by atoms with Crippen molar-refractivity contribution in [3.63, 3.8) is 0 Å². The second-order valence-corrected chi connectivity index (χ2v) is 4.45. The highest BCUT2D eigenvalue weighted by Crippen LogP contribution is 2.25. The van der Waals surface area contributed by atoms with Gasteiger partial charge in [-0.2, -0.15) is 0 Å². The summed E-state index contributed by atoms with van der Waals surface area (Å²) < 4.78 is 0. The monoisotopic (exact) mass is 256 g/mol. The average Bonchev–Trinajstić information content (AvgIpc) is 2.77. The number of aliphatic hydroxyl groups excluding tert-OH is 1. The lowest BCUT2D eigenvalue weighted by molar-refractivity contribution is -0.141. The summed E-state index contributed by atoms with van der Waals surface area (Å²) in [6.45, 7) is 4.05. The van der Waals surface area contributed by atoms with E-state index in [0.717, 1.165) is 0 Å². The molecule has 0 radical (unpaired) electrons. The number of urea groups is 1. The summed E-state index contributed by atoms with van der Waals surface area (Å²) >= 11 is 0. The van der Waals surface area contributed by atoms with Crippen LogP contribution in [0.1, 0.15) is 19.3 Å². The van der Waals surface area contributed by atoms with E-state index in [2.05, 4.69) is 11.9 Å². The molecule has 0 bridgehead atoms. The molecule has 2 atom stereocenters. The third-order valence-corrected chi connectivity index (χ3v) is 3.12. The standard InChI is InChI=1S/C12H20N2O4/c1-2-5-14(6-7-15)12(18)13-10-4-3-9(8-10)11(16)17/h2,9-10,15H,1,3-8H2,(H,13,18)(H,16,17)/t9-,10+/m1/s1. The Bertz CT molecular complexity index is 319. The van der Waals surface area contributed by atoms with E-state index in [4.69, 9.17) is 10.2 Å². The summed E-state index contributed by atoms with van der Waals surface area (Å²) in [4.78, 5) is 24.1. The van der Waals surface area contributed by atoms with E-state index in [-0.39, 0.29) is 31.1 Å². The number of hydrogen-bond acceptors (Lipinski definition) is 3. The van der Waals surface area contributed by atoms with E-state index in [0.29, 0.717) is 25.8 Å². The van der Waals surface area contributed by atoms with Crippen molar-refractivity contribution in [2.75, 3.05) is 19.7 Å². The molecule has 0 aromatic rings. The fourth-order valence-electron chi connectivity index (χ4n) is 2.16. The van der Waals surface area contributed by atoms with Crippen molar-refractivity contribution in [1.29, 1.82) is 0 Å². The van der Waals surface area contributed by atoms with Gasteiger partial charge in [0.2, 0.25) is 0 Å². The quantitative estimate of drug-likeness (QED) is 0.601. The number of nitrogens with zero attached hydrogens (tertiary/aromatic N) is 1. The van der Waals surface area contributed by atoms with Crippen molar-refractivity contribution in [3.8, 4) is 0 Å². The molecule has 6 heteroatoms. The van der Waals surface area contributed by atoms with Crippen molar-refractivity contribution in [2.45, 2.75) is 25.3 Å². The number of carbonyl (C=O) groups is 2. The predicted octanol–water partition coefficient (Wildman–Crippen LogP) is 0.430. The molecule has 1 saturated carbocycles. The van der Waals surface area contributed by atoms with E-state index in [1.54, 1.807) is 6.08 Å². The highest BCUT2D eigenvalue weighted by molar-refractivity contribution is 5.75. The summed E-state index contributed by atoms with van der Waals surface area (Å²) in [6, 6.07) is -0.371. The summed E-state index contributed by atoms with van der Waals surface area (Å²) in [7, 11) is 0. The topological polar surface area (TPSA) is 89.9 Å². The van der Waals surface area contributed by atoms with Crippen LogP contribution < -0.4 is 5.32 Å². The minimum absolute atomic E-state index is 0.0930. The van der Waals surface area contributed by atoms with Crippen LogP contribution in [-0.4, -0.2) is 52.9 Å². The second kappa shape index (κ2) is 7.00. The first-order valence-electron chi connectivity index (χ1n) is 6.08. The van der Waals surface area contributed by atoms with Crippen molar-refractivity contribution in [3.05, 3.63) is 12.7 Å². The molecule has 1 aliphatic rings. The first kappa shape index (κ1) is 14.5. The van der Waals surface area contributed by atoms with Gasteiger partial charge in [0.1, 0.15) is 0 Å². The van der Waals surface area contributed by atoms with Gasteiger partial charge in [0.05, 0.1) is 12.5 Å². The zero-order valence-electron chi connectivity index (χ0n) is 10.3. The fourth-order valence-corrected chi connectivity index (χ4v) is 2.16. The van der Waals surface area contributed by atoms with Gasteiger partial charge in [-0.05, 0) is 19.3 Å². The molecule has 0 spiro atoms. The number of carboxylic acids is 1. The molecule has 6 nitrogen and oxygen atoms in total. The molecule has 0 aromatic carbocycles. The summed E-state index contributed by atoms with van der Waals surface area (Å²) in [6.07, 6.45) is 3.34. The Morgan fingerprint density at radius 2 is 2.17 bits per heavy atom. The Kier molecular flexibility index (Phi) is 5.64. The lowest BCUT2D eigenvalue weighted by Crippen LogP contribution is -2.45. The Morgan fingerprint density at radius 1 is 1.44 bits per heavy atom. The number of carbonyl (C=O) groups excluding carboxylic acids is 1.